The van der Waals surface area contributed by atoms with E-state index in [1.54, 1.807) is 19.2 Å². The van der Waals surface area contributed by atoms with Crippen molar-refractivity contribution >= 4 is 17.3 Å². The minimum absolute atomic E-state index is 0.139. The molecule has 0 aromatic heterocycles. The maximum atomic E-state index is 12.5. The third-order valence-corrected chi connectivity index (χ3v) is 4.85. The van der Waals surface area contributed by atoms with Gasteiger partial charge in [-0.2, -0.15) is 0 Å². The highest BCUT2D eigenvalue weighted by Crippen LogP contribution is 2.25. The van der Waals surface area contributed by atoms with Gasteiger partial charge in [0.2, 0.25) is 0 Å². The molecule has 2 aromatic carbocycles. The number of hydrogen-bond acceptors (Lipinski definition) is 6. The molecule has 0 radical (unpaired) electrons. The van der Waals surface area contributed by atoms with Gasteiger partial charge in [0.05, 0.1) is 11.5 Å². The minimum Gasteiger partial charge on any atom is -0.383 e. The van der Waals surface area contributed by atoms with Crippen molar-refractivity contribution < 1.29 is 14.5 Å². The largest absolute Gasteiger partial charge is 0.383 e. The molecule has 8 heteroatoms. The lowest BCUT2D eigenvalue weighted by Crippen LogP contribution is -2.23. The van der Waals surface area contributed by atoms with Gasteiger partial charge >= 0.3 is 0 Å². The van der Waals surface area contributed by atoms with Crippen LogP contribution in [0.3, 0.4) is 0 Å². The molecule has 0 saturated carbocycles. The summed E-state index contributed by atoms with van der Waals surface area (Å²) in [5, 5.41) is 17.1. The van der Waals surface area contributed by atoms with Gasteiger partial charge in [0, 0.05) is 38.4 Å². The van der Waals surface area contributed by atoms with Gasteiger partial charge in [0.15, 0.2) is 0 Å². The molecule has 2 N–H and O–H groups in total. The molecule has 0 aliphatic heterocycles. The maximum Gasteiger partial charge on any atom is 0.293 e. The van der Waals surface area contributed by atoms with Gasteiger partial charge < -0.3 is 15.4 Å². The first-order valence-corrected chi connectivity index (χ1v) is 10.1. The van der Waals surface area contributed by atoms with Crippen LogP contribution >= 0.6 is 0 Å². The Labute approximate surface area is 177 Å². The first-order valence-electron chi connectivity index (χ1n) is 10.1. The van der Waals surface area contributed by atoms with E-state index >= 15 is 0 Å². The average Bonchev–Trinajstić information content (AvgIpc) is 2.76. The molecule has 1 amide bonds. The molecule has 0 spiro atoms. The Hall–Kier alpha value is -2.97. The third-order valence-electron chi connectivity index (χ3n) is 4.85. The van der Waals surface area contributed by atoms with Crippen LogP contribution in [0.15, 0.2) is 42.5 Å². The lowest BCUT2D eigenvalue weighted by atomic mass is 10.1. The summed E-state index contributed by atoms with van der Waals surface area (Å²) in [6, 6.07) is 12.5. The topological polar surface area (TPSA) is 96.7 Å². The second kappa shape index (κ2) is 11.9. The predicted molar refractivity (Wildman–Crippen MR) is 118 cm³/mol. The van der Waals surface area contributed by atoms with Gasteiger partial charge in [-0.1, -0.05) is 38.1 Å². The first-order chi connectivity index (χ1) is 14.5. The van der Waals surface area contributed by atoms with Crippen molar-refractivity contribution in [3.8, 4) is 0 Å². The molecule has 0 saturated heterocycles. The molecular formula is C22H30N4O4. The fourth-order valence-electron chi connectivity index (χ4n) is 3.01. The summed E-state index contributed by atoms with van der Waals surface area (Å²) in [7, 11) is 1.56. The van der Waals surface area contributed by atoms with Gasteiger partial charge in [-0.3, -0.25) is 19.8 Å². The third kappa shape index (κ3) is 6.82. The summed E-state index contributed by atoms with van der Waals surface area (Å²) >= 11 is 0. The molecule has 8 nitrogen and oxygen atoms in total. The average molecular weight is 415 g/mol. The van der Waals surface area contributed by atoms with Crippen LogP contribution in [0.1, 0.15) is 35.3 Å². The highest BCUT2D eigenvalue weighted by atomic mass is 16.6. The normalized spacial score (nSPS) is 10.8. The van der Waals surface area contributed by atoms with Gasteiger partial charge in [0.25, 0.3) is 11.6 Å². The van der Waals surface area contributed by atoms with Crippen LogP contribution in [-0.4, -0.2) is 49.1 Å². The Bertz CT molecular complexity index is 836. The monoisotopic (exact) mass is 414 g/mol. The van der Waals surface area contributed by atoms with E-state index in [9.17, 15) is 14.9 Å². The molecule has 162 valence electrons. The number of nitrogens with one attached hydrogen (secondary N) is 2. The number of hydrogen-bond donors (Lipinski definition) is 2. The van der Waals surface area contributed by atoms with Crippen LogP contribution in [0.2, 0.25) is 0 Å². The summed E-state index contributed by atoms with van der Waals surface area (Å²) in [6.45, 7) is 8.39. The lowest BCUT2D eigenvalue weighted by molar-refractivity contribution is -0.384. The zero-order valence-electron chi connectivity index (χ0n) is 17.8. The number of carbonyl (C=O) groups is 1. The molecule has 2 aromatic rings. The van der Waals surface area contributed by atoms with Crippen molar-refractivity contribution in [3.05, 3.63) is 69.3 Å². The number of carbonyl (C=O) groups excluding carboxylic acids is 1. The summed E-state index contributed by atoms with van der Waals surface area (Å²) in [6.07, 6.45) is 0. The predicted octanol–water partition coefficient (Wildman–Crippen LogP) is 3.42. The molecule has 0 aliphatic carbocycles. The Morgan fingerprint density at radius 3 is 2.37 bits per heavy atom. The van der Waals surface area contributed by atoms with Crippen molar-refractivity contribution in [2.24, 2.45) is 0 Å². The molecule has 0 aliphatic rings. The van der Waals surface area contributed by atoms with E-state index in [4.69, 9.17) is 4.74 Å². The molecule has 30 heavy (non-hydrogen) atoms. The molecule has 2 rings (SSSR count). The van der Waals surface area contributed by atoms with Gasteiger partial charge in [-0.15, -0.1) is 0 Å². The number of benzene rings is 2. The fraction of sp³-hybridized carbons (Fsp3) is 0.409. The quantitative estimate of drug-likeness (QED) is 0.314. The van der Waals surface area contributed by atoms with Gasteiger partial charge in [-0.05, 0) is 36.3 Å². The van der Waals surface area contributed by atoms with E-state index in [1.165, 1.54) is 11.6 Å². The Kier molecular flexibility index (Phi) is 9.24. The first kappa shape index (κ1) is 23.3. The van der Waals surface area contributed by atoms with Gasteiger partial charge in [0.1, 0.15) is 5.69 Å². The number of methoxy groups -OCH3 is 1. The number of amides is 1. The van der Waals surface area contributed by atoms with E-state index in [0.29, 0.717) is 25.4 Å². The smallest absolute Gasteiger partial charge is 0.293 e. The Morgan fingerprint density at radius 2 is 1.77 bits per heavy atom. The minimum atomic E-state index is -0.499. The number of rotatable bonds is 12. The summed E-state index contributed by atoms with van der Waals surface area (Å²) in [5.74, 6) is -0.353. The highest BCUT2D eigenvalue weighted by Gasteiger charge is 2.17. The Morgan fingerprint density at radius 1 is 1.10 bits per heavy atom. The van der Waals surface area contributed by atoms with Crippen LogP contribution in [0.5, 0.6) is 0 Å². The van der Waals surface area contributed by atoms with Crippen molar-refractivity contribution in [2.75, 3.05) is 38.7 Å². The zero-order chi connectivity index (χ0) is 21.9. The summed E-state index contributed by atoms with van der Waals surface area (Å²) in [5.41, 5.74) is 2.66. The van der Waals surface area contributed by atoms with Crippen LogP contribution in [-0.2, 0) is 17.8 Å². The second-order valence-electron chi connectivity index (χ2n) is 6.87. The zero-order valence-corrected chi connectivity index (χ0v) is 17.8. The fourth-order valence-corrected chi connectivity index (χ4v) is 3.01. The van der Waals surface area contributed by atoms with E-state index in [0.717, 1.165) is 25.2 Å². The van der Waals surface area contributed by atoms with Crippen LogP contribution in [0.4, 0.5) is 11.4 Å². The van der Waals surface area contributed by atoms with Crippen LogP contribution < -0.4 is 10.6 Å². The van der Waals surface area contributed by atoms with E-state index in [1.807, 2.05) is 12.1 Å². The molecule has 0 heterocycles. The molecule has 0 fully saturated rings. The van der Waals surface area contributed by atoms with Gasteiger partial charge in [-0.25, -0.2) is 0 Å². The molecule has 0 atom stereocenters. The van der Waals surface area contributed by atoms with E-state index in [2.05, 4.69) is 41.5 Å². The maximum absolute atomic E-state index is 12.5. The number of nitro groups is 1. The number of nitro benzene ring substituents is 1. The van der Waals surface area contributed by atoms with Crippen LogP contribution in [0.25, 0.3) is 0 Å². The van der Waals surface area contributed by atoms with Crippen molar-refractivity contribution in [2.45, 2.75) is 26.9 Å². The van der Waals surface area contributed by atoms with E-state index < -0.39 is 4.92 Å². The second-order valence-corrected chi connectivity index (χ2v) is 6.87. The van der Waals surface area contributed by atoms with Crippen LogP contribution in [0, 0.1) is 10.1 Å². The molecular weight excluding hydrogens is 384 g/mol. The molecule has 0 bridgehead atoms. The van der Waals surface area contributed by atoms with Crippen molar-refractivity contribution in [3.63, 3.8) is 0 Å². The summed E-state index contributed by atoms with van der Waals surface area (Å²) < 4.78 is 4.94. The number of anilines is 1. The van der Waals surface area contributed by atoms with Crippen molar-refractivity contribution in [1.82, 2.24) is 10.2 Å². The van der Waals surface area contributed by atoms with Crippen molar-refractivity contribution in [1.29, 1.82) is 0 Å². The summed E-state index contributed by atoms with van der Waals surface area (Å²) in [4.78, 5) is 25.7. The lowest BCUT2D eigenvalue weighted by Gasteiger charge is -2.18. The molecule has 0 unspecified atom stereocenters. The standard InChI is InChI=1S/C22H30N4O4/c1-4-25(5-2)16-18-8-6-17(7-9-18)15-24-22(27)19-10-11-20(23-12-13-30-3)21(14-19)26(28)29/h6-11,14,23H,4-5,12-13,15-16H2,1-3H3,(H,24,27). The number of ether oxygens (including phenoxy) is 1. The number of nitrogens with zero attached hydrogens (tertiary/aromatic N) is 2. The van der Waals surface area contributed by atoms with E-state index in [-0.39, 0.29) is 17.2 Å². The highest BCUT2D eigenvalue weighted by molar-refractivity contribution is 5.95. The Balaban J connectivity index is 1.98. The SMILES string of the molecule is CCN(CC)Cc1ccc(CNC(=O)c2ccc(NCCOC)c([N+](=O)[O-])c2)cc1.